The van der Waals surface area contributed by atoms with Crippen LogP contribution in [0.5, 0.6) is 0 Å². The van der Waals surface area contributed by atoms with Crippen LogP contribution in [0.15, 0.2) is 0 Å². The standard InChI is InChI=1S/C12H23NO3/c1-3-4-5-7-13-8-6-11(14)10(9-13)12(15)16-2/h10-11,14H,3-9H2,1-2H3/t10-,11-/m1/s1. The number of likely N-dealkylation sites (tertiary alicyclic amines) is 1. The first kappa shape index (κ1) is 13.5. The summed E-state index contributed by atoms with van der Waals surface area (Å²) in [6.07, 6.45) is 3.74. The van der Waals surface area contributed by atoms with Gasteiger partial charge in [0.25, 0.3) is 0 Å². The zero-order chi connectivity index (χ0) is 12.0. The Labute approximate surface area is 97.6 Å². The Balaban J connectivity index is 2.38. The molecule has 1 aliphatic rings. The largest absolute Gasteiger partial charge is 0.469 e. The zero-order valence-corrected chi connectivity index (χ0v) is 10.3. The molecule has 1 rings (SSSR count). The van der Waals surface area contributed by atoms with Crippen LogP contribution >= 0.6 is 0 Å². The molecule has 0 spiro atoms. The van der Waals surface area contributed by atoms with Crippen LogP contribution in [0, 0.1) is 5.92 Å². The maximum absolute atomic E-state index is 11.4. The topological polar surface area (TPSA) is 49.8 Å². The molecule has 4 nitrogen and oxygen atoms in total. The Bertz CT molecular complexity index is 220. The van der Waals surface area contributed by atoms with E-state index in [1.54, 1.807) is 0 Å². The Hall–Kier alpha value is -0.610. The van der Waals surface area contributed by atoms with Crippen LogP contribution in [0.1, 0.15) is 32.6 Å². The Morgan fingerprint density at radius 2 is 2.25 bits per heavy atom. The molecule has 0 aromatic rings. The summed E-state index contributed by atoms with van der Waals surface area (Å²) in [5, 5.41) is 9.73. The predicted octanol–water partition coefficient (Wildman–Crippen LogP) is 1.03. The number of unbranched alkanes of at least 4 members (excludes halogenated alkanes) is 2. The van der Waals surface area contributed by atoms with Gasteiger partial charge in [-0.3, -0.25) is 4.79 Å². The van der Waals surface area contributed by atoms with Crippen molar-refractivity contribution in [3.8, 4) is 0 Å². The minimum atomic E-state index is -0.533. The smallest absolute Gasteiger partial charge is 0.312 e. The summed E-state index contributed by atoms with van der Waals surface area (Å²) >= 11 is 0. The van der Waals surface area contributed by atoms with Gasteiger partial charge in [0, 0.05) is 13.1 Å². The van der Waals surface area contributed by atoms with Gasteiger partial charge in [0.15, 0.2) is 0 Å². The summed E-state index contributed by atoms with van der Waals surface area (Å²) in [6, 6.07) is 0. The fourth-order valence-electron chi connectivity index (χ4n) is 2.18. The van der Waals surface area contributed by atoms with Crippen LogP contribution in [0.4, 0.5) is 0 Å². The lowest BCUT2D eigenvalue weighted by atomic mass is 9.94. The normalized spacial score (nSPS) is 26.7. The van der Waals surface area contributed by atoms with Gasteiger partial charge in [0.1, 0.15) is 0 Å². The maximum Gasteiger partial charge on any atom is 0.312 e. The van der Waals surface area contributed by atoms with E-state index in [0.717, 1.165) is 13.1 Å². The van der Waals surface area contributed by atoms with Gasteiger partial charge in [0.05, 0.1) is 19.1 Å². The lowest BCUT2D eigenvalue weighted by Crippen LogP contribution is -2.47. The van der Waals surface area contributed by atoms with Gasteiger partial charge in [-0.15, -0.1) is 0 Å². The summed E-state index contributed by atoms with van der Waals surface area (Å²) in [6.45, 7) is 4.72. The van der Waals surface area contributed by atoms with E-state index in [4.69, 9.17) is 4.74 Å². The number of hydrogen-bond donors (Lipinski definition) is 1. The van der Waals surface area contributed by atoms with E-state index in [2.05, 4.69) is 11.8 Å². The van der Waals surface area contributed by atoms with Gasteiger partial charge in [-0.2, -0.15) is 0 Å². The molecular weight excluding hydrogens is 206 g/mol. The molecule has 16 heavy (non-hydrogen) atoms. The van der Waals surface area contributed by atoms with Crippen LogP contribution < -0.4 is 0 Å². The monoisotopic (exact) mass is 229 g/mol. The number of nitrogens with zero attached hydrogens (tertiary/aromatic N) is 1. The number of rotatable bonds is 5. The molecule has 0 aromatic heterocycles. The van der Waals surface area contributed by atoms with Crippen molar-refractivity contribution in [2.24, 2.45) is 5.92 Å². The second kappa shape index (κ2) is 6.86. The minimum Gasteiger partial charge on any atom is -0.469 e. The average Bonchev–Trinajstić information content (AvgIpc) is 2.30. The van der Waals surface area contributed by atoms with E-state index >= 15 is 0 Å². The van der Waals surface area contributed by atoms with E-state index in [1.165, 1.54) is 26.4 Å². The molecule has 0 aromatic carbocycles. The molecule has 1 N–H and O–H groups in total. The highest BCUT2D eigenvalue weighted by Crippen LogP contribution is 2.19. The number of carbonyl (C=O) groups excluding carboxylic acids is 1. The third kappa shape index (κ3) is 3.76. The fraction of sp³-hybridized carbons (Fsp3) is 0.917. The van der Waals surface area contributed by atoms with Crippen molar-refractivity contribution < 1.29 is 14.6 Å². The van der Waals surface area contributed by atoms with Crippen LogP contribution in [-0.4, -0.2) is 48.8 Å². The molecular formula is C12H23NO3. The summed E-state index contributed by atoms with van der Waals surface area (Å²) < 4.78 is 4.71. The first-order chi connectivity index (χ1) is 7.69. The first-order valence-corrected chi connectivity index (χ1v) is 6.17. The molecule has 94 valence electrons. The molecule has 0 aliphatic carbocycles. The van der Waals surface area contributed by atoms with E-state index in [9.17, 15) is 9.90 Å². The van der Waals surface area contributed by atoms with E-state index in [-0.39, 0.29) is 11.9 Å². The molecule has 1 heterocycles. The molecule has 0 unspecified atom stereocenters. The second-order valence-electron chi connectivity index (χ2n) is 4.49. The first-order valence-electron chi connectivity index (χ1n) is 6.17. The zero-order valence-electron chi connectivity index (χ0n) is 10.3. The quantitative estimate of drug-likeness (QED) is 0.565. The number of ether oxygens (including phenoxy) is 1. The van der Waals surface area contributed by atoms with Crippen molar-refractivity contribution in [3.05, 3.63) is 0 Å². The van der Waals surface area contributed by atoms with Gasteiger partial charge >= 0.3 is 5.97 Å². The predicted molar refractivity (Wildman–Crippen MR) is 62.1 cm³/mol. The van der Waals surface area contributed by atoms with Gasteiger partial charge in [-0.1, -0.05) is 19.8 Å². The van der Waals surface area contributed by atoms with Crippen molar-refractivity contribution in [1.29, 1.82) is 0 Å². The second-order valence-corrected chi connectivity index (χ2v) is 4.49. The van der Waals surface area contributed by atoms with Gasteiger partial charge in [-0.25, -0.2) is 0 Å². The molecule has 0 radical (unpaired) electrons. The number of aliphatic hydroxyl groups is 1. The van der Waals surface area contributed by atoms with Gasteiger partial charge in [-0.05, 0) is 19.4 Å². The number of carbonyl (C=O) groups is 1. The van der Waals surface area contributed by atoms with Crippen LogP contribution in [-0.2, 0) is 9.53 Å². The van der Waals surface area contributed by atoms with Crippen LogP contribution in [0.3, 0.4) is 0 Å². The highest BCUT2D eigenvalue weighted by molar-refractivity contribution is 5.73. The Kier molecular flexibility index (Phi) is 5.77. The third-order valence-electron chi connectivity index (χ3n) is 3.24. The third-order valence-corrected chi connectivity index (χ3v) is 3.24. The Morgan fingerprint density at radius 1 is 1.50 bits per heavy atom. The number of methoxy groups -OCH3 is 1. The molecule has 0 bridgehead atoms. The average molecular weight is 229 g/mol. The molecule has 2 atom stereocenters. The van der Waals surface area contributed by atoms with Crippen molar-refractivity contribution in [2.45, 2.75) is 38.7 Å². The number of esters is 1. The minimum absolute atomic E-state index is 0.285. The van der Waals surface area contributed by atoms with E-state index < -0.39 is 6.10 Å². The molecule has 1 aliphatic heterocycles. The van der Waals surface area contributed by atoms with Gasteiger partial charge in [0.2, 0.25) is 0 Å². The van der Waals surface area contributed by atoms with E-state index in [1.807, 2.05) is 0 Å². The summed E-state index contributed by atoms with van der Waals surface area (Å²) in [7, 11) is 1.38. The van der Waals surface area contributed by atoms with Gasteiger partial charge < -0.3 is 14.7 Å². The number of hydrogen-bond acceptors (Lipinski definition) is 4. The number of piperidine rings is 1. The molecule has 1 fully saturated rings. The lowest BCUT2D eigenvalue weighted by Gasteiger charge is -2.34. The lowest BCUT2D eigenvalue weighted by molar-refractivity contribution is -0.152. The number of aliphatic hydroxyl groups excluding tert-OH is 1. The molecule has 1 saturated heterocycles. The van der Waals surface area contributed by atoms with Crippen molar-refractivity contribution in [2.75, 3.05) is 26.7 Å². The van der Waals surface area contributed by atoms with Crippen molar-refractivity contribution in [1.82, 2.24) is 4.90 Å². The SMILES string of the molecule is CCCCCN1CC[C@@H](O)[C@H](C(=O)OC)C1. The highest BCUT2D eigenvalue weighted by Gasteiger charge is 2.33. The van der Waals surface area contributed by atoms with Crippen LogP contribution in [0.25, 0.3) is 0 Å². The fourth-order valence-corrected chi connectivity index (χ4v) is 2.18. The molecule has 0 saturated carbocycles. The maximum atomic E-state index is 11.4. The van der Waals surface area contributed by atoms with E-state index in [0.29, 0.717) is 13.0 Å². The Morgan fingerprint density at radius 3 is 2.88 bits per heavy atom. The van der Waals surface area contributed by atoms with Crippen LogP contribution in [0.2, 0.25) is 0 Å². The molecule has 4 heteroatoms. The highest BCUT2D eigenvalue weighted by atomic mass is 16.5. The summed E-state index contributed by atoms with van der Waals surface area (Å²) in [5.74, 6) is -0.645. The van der Waals surface area contributed by atoms with Crippen molar-refractivity contribution in [3.63, 3.8) is 0 Å². The summed E-state index contributed by atoms with van der Waals surface area (Å²) in [5.41, 5.74) is 0. The van der Waals surface area contributed by atoms with Crippen molar-refractivity contribution >= 4 is 5.97 Å². The molecule has 0 amide bonds. The summed E-state index contributed by atoms with van der Waals surface area (Å²) in [4.78, 5) is 13.7.